The number of benzene rings is 2. The Morgan fingerprint density at radius 3 is 2.18 bits per heavy atom. The molecule has 2 aromatic rings. The number of nitrogens with zero attached hydrogens (tertiary/aromatic N) is 2. The molecule has 2 aliphatic rings. The summed E-state index contributed by atoms with van der Waals surface area (Å²) in [7, 11) is -6.62. The molecule has 0 N–H and O–H groups in total. The lowest BCUT2D eigenvalue weighted by molar-refractivity contribution is 0.183. The van der Waals surface area contributed by atoms with Gasteiger partial charge in [-0.1, -0.05) is 37.3 Å². The van der Waals surface area contributed by atoms with Gasteiger partial charge in [-0.3, -0.25) is 4.90 Å². The van der Waals surface area contributed by atoms with Crippen molar-refractivity contribution < 1.29 is 21.6 Å². The molecule has 0 bridgehead atoms. The van der Waals surface area contributed by atoms with E-state index in [9.17, 15) is 16.8 Å². The molecule has 33 heavy (non-hydrogen) atoms. The highest BCUT2D eigenvalue weighted by atomic mass is 32.2. The third kappa shape index (κ3) is 5.77. The second-order valence-corrected chi connectivity index (χ2v) is 13.2. The number of sulfone groups is 1. The van der Waals surface area contributed by atoms with E-state index >= 15 is 0 Å². The van der Waals surface area contributed by atoms with Gasteiger partial charge < -0.3 is 4.74 Å². The second kappa shape index (κ2) is 9.74. The average molecular weight is 493 g/mol. The van der Waals surface area contributed by atoms with Crippen LogP contribution < -0.4 is 4.74 Å². The molecule has 1 saturated heterocycles. The fourth-order valence-electron chi connectivity index (χ4n) is 4.56. The van der Waals surface area contributed by atoms with Crippen molar-refractivity contribution in [2.24, 2.45) is 5.92 Å². The van der Waals surface area contributed by atoms with Crippen molar-refractivity contribution in [3.05, 3.63) is 59.2 Å². The summed E-state index contributed by atoms with van der Waals surface area (Å²) in [6.07, 6.45) is 2.64. The van der Waals surface area contributed by atoms with Crippen LogP contribution in [-0.2, 0) is 39.5 Å². The van der Waals surface area contributed by atoms with E-state index in [1.807, 2.05) is 18.2 Å². The van der Waals surface area contributed by atoms with Crippen LogP contribution in [0.5, 0.6) is 5.75 Å². The van der Waals surface area contributed by atoms with E-state index in [0.717, 1.165) is 18.7 Å². The van der Waals surface area contributed by atoms with Gasteiger partial charge in [-0.15, -0.1) is 0 Å². The van der Waals surface area contributed by atoms with Gasteiger partial charge in [-0.05, 0) is 47.6 Å². The molecule has 0 spiro atoms. The molecule has 0 unspecified atom stereocenters. The number of sulfonamides is 1. The van der Waals surface area contributed by atoms with E-state index in [0.29, 0.717) is 44.8 Å². The van der Waals surface area contributed by atoms with E-state index in [-0.39, 0.29) is 16.6 Å². The molecule has 2 aromatic carbocycles. The van der Waals surface area contributed by atoms with Crippen molar-refractivity contribution in [1.82, 2.24) is 9.21 Å². The van der Waals surface area contributed by atoms with Gasteiger partial charge in [0, 0.05) is 32.7 Å². The molecular formula is C24H32N2O5S2. The van der Waals surface area contributed by atoms with Crippen molar-refractivity contribution >= 4 is 19.9 Å². The van der Waals surface area contributed by atoms with Crippen LogP contribution in [0.15, 0.2) is 47.4 Å². The zero-order valence-electron chi connectivity index (χ0n) is 19.2. The Kier molecular flexibility index (Phi) is 7.14. The number of hydrogen-bond acceptors (Lipinski definition) is 6. The average Bonchev–Trinajstić information content (AvgIpc) is 3.20. The van der Waals surface area contributed by atoms with Crippen molar-refractivity contribution in [3.63, 3.8) is 0 Å². The molecule has 0 aliphatic carbocycles. The van der Waals surface area contributed by atoms with E-state index < -0.39 is 19.9 Å². The standard InChI is InChI=1S/C24H32N2O5S2/c1-3-33(29,30)24-14-20(15-25-16-21-6-4-5-7-22(21)17-25)8-9-23(24)31-18-19-10-12-26(13-11-19)32(2,27)28/h4-9,14,19H,3,10-13,15-18H2,1-2H3. The Morgan fingerprint density at radius 1 is 0.970 bits per heavy atom. The normalized spacial score (nSPS) is 18.4. The first-order valence-electron chi connectivity index (χ1n) is 11.4. The summed E-state index contributed by atoms with van der Waals surface area (Å²) >= 11 is 0. The minimum Gasteiger partial charge on any atom is -0.492 e. The van der Waals surface area contributed by atoms with Gasteiger partial charge >= 0.3 is 0 Å². The van der Waals surface area contributed by atoms with E-state index in [1.54, 1.807) is 19.1 Å². The minimum absolute atomic E-state index is 0.00865. The molecule has 1 fully saturated rings. The maximum Gasteiger partial charge on any atom is 0.211 e. The largest absolute Gasteiger partial charge is 0.492 e. The van der Waals surface area contributed by atoms with Crippen LogP contribution in [0.2, 0.25) is 0 Å². The molecule has 2 heterocycles. The van der Waals surface area contributed by atoms with Crippen LogP contribution >= 0.6 is 0 Å². The van der Waals surface area contributed by atoms with Crippen molar-refractivity contribution in [2.75, 3.05) is 31.7 Å². The predicted molar refractivity (Wildman–Crippen MR) is 128 cm³/mol. The molecule has 0 radical (unpaired) electrons. The summed E-state index contributed by atoms with van der Waals surface area (Å²) in [5, 5.41) is 0. The maximum atomic E-state index is 12.8. The molecule has 0 aromatic heterocycles. The molecule has 0 atom stereocenters. The topological polar surface area (TPSA) is 84.0 Å². The van der Waals surface area contributed by atoms with E-state index in [2.05, 4.69) is 17.0 Å². The lowest BCUT2D eigenvalue weighted by atomic mass is 9.99. The number of fused-ring (bicyclic) bond motifs is 1. The number of hydrogen-bond donors (Lipinski definition) is 0. The Bertz CT molecular complexity index is 1180. The van der Waals surface area contributed by atoms with Crippen molar-refractivity contribution in [1.29, 1.82) is 0 Å². The first-order valence-corrected chi connectivity index (χ1v) is 14.9. The van der Waals surface area contributed by atoms with Gasteiger partial charge in [-0.2, -0.15) is 0 Å². The number of piperidine rings is 1. The van der Waals surface area contributed by atoms with Gasteiger partial charge in [-0.25, -0.2) is 21.1 Å². The summed E-state index contributed by atoms with van der Waals surface area (Å²) < 4.78 is 56.6. The number of ether oxygens (including phenoxy) is 1. The zero-order valence-corrected chi connectivity index (χ0v) is 20.9. The minimum atomic E-state index is -3.45. The van der Waals surface area contributed by atoms with Gasteiger partial charge in [0.25, 0.3) is 0 Å². The molecule has 0 amide bonds. The van der Waals surface area contributed by atoms with Crippen LogP contribution in [0.4, 0.5) is 0 Å². The highest BCUT2D eigenvalue weighted by Crippen LogP contribution is 2.30. The fourth-order valence-corrected chi connectivity index (χ4v) is 6.51. The summed E-state index contributed by atoms with van der Waals surface area (Å²) in [6.45, 7) is 5.36. The van der Waals surface area contributed by atoms with Gasteiger partial charge in [0.05, 0.1) is 18.6 Å². The van der Waals surface area contributed by atoms with E-state index in [4.69, 9.17) is 4.74 Å². The molecular weight excluding hydrogens is 460 g/mol. The lowest BCUT2D eigenvalue weighted by Crippen LogP contribution is -2.39. The molecule has 7 nitrogen and oxygen atoms in total. The van der Waals surface area contributed by atoms with Gasteiger partial charge in [0.2, 0.25) is 10.0 Å². The lowest BCUT2D eigenvalue weighted by Gasteiger charge is -2.30. The molecule has 9 heteroatoms. The molecule has 4 rings (SSSR count). The number of rotatable bonds is 8. The van der Waals surface area contributed by atoms with Crippen LogP contribution in [0.3, 0.4) is 0 Å². The van der Waals surface area contributed by atoms with Crippen LogP contribution in [0.1, 0.15) is 36.5 Å². The highest BCUT2D eigenvalue weighted by molar-refractivity contribution is 7.91. The SMILES string of the molecule is CCS(=O)(=O)c1cc(CN2Cc3ccccc3C2)ccc1OCC1CCN(S(C)(=O)=O)CC1. The van der Waals surface area contributed by atoms with E-state index in [1.165, 1.54) is 21.7 Å². The Morgan fingerprint density at radius 2 is 1.61 bits per heavy atom. The highest BCUT2D eigenvalue weighted by Gasteiger charge is 2.26. The van der Waals surface area contributed by atoms with Crippen molar-refractivity contribution in [2.45, 2.75) is 44.3 Å². The van der Waals surface area contributed by atoms with Gasteiger partial charge in [0.15, 0.2) is 9.84 Å². The van der Waals surface area contributed by atoms with Crippen LogP contribution in [-0.4, -0.2) is 57.7 Å². The Labute approximate surface area is 197 Å². The maximum absolute atomic E-state index is 12.8. The first kappa shape index (κ1) is 24.2. The summed E-state index contributed by atoms with van der Waals surface area (Å²) in [4.78, 5) is 2.55. The third-order valence-electron chi connectivity index (χ3n) is 6.55. The third-order valence-corrected chi connectivity index (χ3v) is 9.61. The predicted octanol–water partition coefficient (Wildman–Crippen LogP) is 3.05. The second-order valence-electron chi connectivity index (χ2n) is 9.01. The quantitative estimate of drug-likeness (QED) is 0.563. The van der Waals surface area contributed by atoms with Crippen LogP contribution in [0, 0.1) is 5.92 Å². The summed E-state index contributed by atoms with van der Waals surface area (Å²) in [6, 6.07) is 13.8. The molecule has 0 saturated carbocycles. The smallest absolute Gasteiger partial charge is 0.211 e. The molecule has 180 valence electrons. The Balaban J connectivity index is 1.44. The van der Waals surface area contributed by atoms with Crippen molar-refractivity contribution in [3.8, 4) is 5.75 Å². The first-order chi connectivity index (χ1) is 15.7. The monoisotopic (exact) mass is 492 g/mol. The fraction of sp³-hybridized carbons (Fsp3) is 0.500. The Hall–Kier alpha value is -1.94. The summed E-state index contributed by atoms with van der Waals surface area (Å²) in [5.41, 5.74) is 3.59. The zero-order chi connectivity index (χ0) is 23.6. The molecule has 2 aliphatic heterocycles. The summed E-state index contributed by atoms with van der Waals surface area (Å²) in [5.74, 6) is 0.591. The van der Waals surface area contributed by atoms with Crippen LogP contribution in [0.25, 0.3) is 0 Å². The van der Waals surface area contributed by atoms with Gasteiger partial charge in [0.1, 0.15) is 10.6 Å².